The van der Waals surface area contributed by atoms with Gasteiger partial charge < -0.3 is 10.2 Å². The first kappa shape index (κ1) is 20.3. The fourth-order valence-corrected chi connectivity index (χ4v) is 3.97. The van der Waals surface area contributed by atoms with Crippen LogP contribution in [0.25, 0.3) is 0 Å². The summed E-state index contributed by atoms with van der Waals surface area (Å²) in [5, 5.41) is 18.5. The zero-order valence-electron chi connectivity index (χ0n) is 13.9. The number of benzene rings is 1. The minimum atomic E-state index is -2.92. The first-order chi connectivity index (χ1) is 11.2. The van der Waals surface area contributed by atoms with Crippen molar-refractivity contribution in [2.24, 2.45) is 5.41 Å². The van der Waals surface area contributed by atoms with E-state index in [-0.39, 0.29) is 12.3 Å². The first-order valence-corrected chi connectivity index (χ1v) is 9.15. The van der Waals surface area contributed by atoms with Gasteiger partial charge in [0.05, 0.1) is 6.42 Å². The average molecular weight is 355 g/mol. The smallest absolute Gasteiger partial charge is 0.481 e. The molecule has 4 atom stereocenters. The Bertz CT molecular complexity index is 588. The highest BCUT2D eigenvalue weighted by atomic mass is 31.1. The lowest BCUT2D eigenvalue weighted by Crippen LogP contribution is -2.39. The second kappa shape index (κ2) is 8.90. The fraction of sp³-hybridized carbons (Fsp3) is 0.529. The highest BCUT2D eigenvalue weighted by molar-refractivity contribution is 7.39. The van der Waals surface area contributed by atoms with E-state index in [2.05, 4.69) is 0 Å². The molecule has 0 aliphatic carbocycles. The van der Waals surface area contributed by atoms with Gasteiger partial charge in [-0.05, 0) is 42.2 Å². The Morgan fingerprint density at radius 2 is 1.79 bits per heavy atom. The van der Waals surface area contributed by atoms with Gasteiger partial charge in [-0.25, -0.2) is 0 Å². The highest BCUT2D eigenvalue weighted by Gasteiger charge is 2.53. The van der Waals surface area contributed by atoms with Crippen molar-refractivity contribution >= 4 is 20.0 Å². The van der Waals surface area contributed by atoms with E-state index in [1.54, 1.807) is 0 Å². The zero-order chi connectivity index (χ0) is 18.3. The van der Waals surface area contributed by atoms with Gasteiger partial charge in [0, 0.05) is 0 Å². The van der Waals surface area contributed by atoms with Gasteiger partial charge >= 0.3 is 20.0 Å². The molecule has 4 unspecified atom stereocenters. The van der Waals surface area contributed by atoms with Gasteiger partial charge in [0.15, 0.2) is 0 Å². The maximum absolute atomic E-state index is 11.8. The average Bonchev–Trinajstić information content (AvgIpc) is 2.53. The first-order valence-electron chi connectivity index (χ1n) is 7.87. The number of aliphatic carboxylic acids is 2. The molecule has 7 heteroatoms. The van der Waals surface area contributed by atoms with Crippen molar-refractivity contribution in [1.82, 2.24) is 0 Å². The molecule has 0 radical (unpaired) electrons. The minimum Gasteiger partial charge on any atom is -0.481 e. The van der Waals surface area contributed by atoms with Crippen molar-refractivity contribution in [3.05, 3.63) is 35.9 Å². The van der Waals surface area contributed by atoms with E-state index in [1.807, 2.05) is 37.3 Å². The van der Waals surface area contributed by atoms with Gasteiger partial charge in [-0.2, -0.15) is 4.89 Å². The molecule has 0 fully saturated rings. The molecule has 1 rings (SSSR count). The highest BCUT2D eigenvalue weighted by Crippen LogP contribution is 2.45. The summed E-state index contributed by atoms with van der Waals surface area (Å²) in [6.07, 6.45) is 0.795. The Kier molecular flexibility index (Phi) is 7.52. The van der Waals surface area contributed by atoms with Crippen LogP contribution in [0.5, 0.6) is 0 Å². The van der Waals surface area contributed by atoms with Crippen molar-refractivity contribution in [3.63, 3.8) is 0 Å². The van der Waals surface area contributed by atoms with Crippen LogP contribution in [-0.2, 0) is 14.2 Å². The standard InChI is InChI=1S/C17H23O6P/c1-3-12(13-7-5-4-6-8-13)9-10-17(2,16(20)21)14(24(22)23)11-15(18)19/h4-8,12,14H,3,9-11H2,1-2H3,(H2-,18,19,20,21,22,23)/p+1. The second-order valence-corrected chi connectivity index (χ2v) is 7.42. The molecule has 0 spiro atoms. The molecule has 132 valence electrons. The Morgan fingerprint density at radius 3 is 2.21 bits per heavy atom. The number of carboxylic acids is 2. The summed E-state index contributed by atoms with van der Waals surface area (Å²) in [4.78, 5) is 32.2. The van der Waals surface area contributed by atoms with E-state index in [0.717, 1.165) is 12.0 Å². The van der Waals surface area contributed by atoms with Crippen LogP contribution in [-0.4, -0.2) is 32.7 Å². The molecular weight excluding hydrogens is 331 g/mol. The van der Waals surface area contributed by atoms with Crippen LogP contribution >= 0.6 is 8.03 Å². The molecule has 0 aliphatic rings. The van der Waals surface area contributed by atoms with Gasteiger partial charge in [-0.3, -0.25) is 9.59 Å². The maximum Gasteiger partial charge on any atom is 0.510 e. The summed E-state index contributed by atoms with van der Waals surface area (Å²) in [5.74, 6) is -2.40. The molecular formula is C17H24O6P+. The molecule has 0 bridgehead atoms. The van der Waals surface area contributed by atoms with E-state index in [0.29, 0.717) is 6.42 Å². The predicted octanol–water partition coefficient (Wildman–Crippen LogP) is 3.63. The third-order valence-corrected chi connectivity index (χ3v) is 5.92. The third-order valence-electron chi connectivity index (χ3n) is 4.63. The summed E-state index contributed by atoms with van der Waals surface area (Å²) in [6, 6.07) is 9.65. The number of carboxylic acid groups (broad SMARTS) is 2. The van der Waals surface area contributed by atoms with Crippen LogP contribution in [0.15, 0.2) is 30.3 Å². The summed E-state index contributed by atoms with van der Waals surface area (Å²) < 4.78 is 11.6. The van der Waals surface area contributed by atoms with Crippen molar-refractivity contribution in [1.29, 1.82) is 0 Å². The number of hydrogen-bond acceptors (Lipinski definition) is 3. The molecule has 1 aromatic carbocycles. The molecule has 6 nitrogen and oxygen atoms in total. The number of hydrogen-bond donors (Lipinski definition) is 3. The van der Waals surface area contributed by atoms with Gasteiger partial charge in [0.1, 0.15) is 5.41 Å². The van der Waals surface area contributed by atoms with Gasteiger partial charge in [0.2, 0.25) is 5.66 Å². The van der Waals surface area contributed by atoms with Crippen LogP contribution in [0.4, 0.5) is 0 Å². The van der Waals surface area contributed by atoms with Crippen molar-refractivity contribution in [2.75, 3.05) is 0 Å². The molecule has 0 aromatic heterocycles. The van der Waals surface area contributed by atoms with Crippen molar-refractivity contribution in [2.45, 2.75) is 51.1 Å². The fourth-order valence-electron chi connectivity index (χ4n) is 2.93. The van der Waals surface area contributed by atoms with Crippen LogP contribution in [0.2, 0.25) is 0 Å². The van der Waals surface area contributed by atoms with E-state index in [1.165, 1.54) is 6.92 Å². The zero-order valence-corrected chi connectivity index (χ0v) is 14.8. The van der Waals surface area contributed by atoms with Crippen LogP contribution in [0.3, 0.4) is 0 Å². The van der Waals surface area contributed by atoms with Crippen molar-refractivity contribution in [3.8, 4) is 0 Å². The monoisotopic (exact) mass is 355 g/mol. The van der Waals surface area contributed by atoms with E-state index in [4.69, 9.17) is 5.11 Å². The molecule has 0 saturated heterocycles. The van der Waals surface area contributed by atoms with Crippen LogP contribution < -0.4 is 0 Å². The molecule has 0 saturated carbocycles. The van der Waals surface area contributed by atoms with Crippen LogP contribution in [0.1, 0.15) is 51.0 Å². The topological polar surface area (TPSA) is 112 Å². The third kappa shape index (κ3) is 5.11. The van der Waals surface area contributed by atoms with E-state index in [9.17, 15) is 24.2 Å². The van der Waals surface area contributed by atoms with Crippen LogP contribution in [0, 0.1) is 5.41 Å². The lowest BCUT2D eigenvalue weighted by atomic mass is 9.77. The number of rotatable bonds is 10. The summed E-state index contributed by atoms with van der Waals surface area (Å²) in [7, 11) is -2.92. The Morgan fingerprint density at radius 1 is 1.21 bits per heavy atom. The summed E-state index contributed by atoms with van der Waals surface area (Å²) in [6.45, 7) is 3.36. The largest absolute Gasteiger partial charge is 0.510 e. The maximum atomic E-state index is 11.8. The lowest BCUT2D eigenvalue weighted by molar-refractivity contribution is -0.149. The molecule has 0 amide bonds. The van der Waals surface area contributed by atoms with E-state index < -0.39 is 37.5 Å². The molecule has 3 N–H and O–H groups in total. The quantitative estimate of drug-likeness (QED) is 0.553. The summed E-state index contributed by atoms with van der Waals surface area (Å²) in [5.41, 5.74) is -1.81. The summed E-state index contributed by atoms with van der Waals surface area (Å²) >= 11 is 0. The molecule has 0 aliphatic heterocycles. The number of carbonyl (C=O) groups is 2. The van der Waals surface area contributed by atoms with Gasteiger partial charge in [0.25, 0.3) is 0 Å². The van der Waals surface area contributed by atoms with E-state index >= 15 is 0 Å². The molecule has 24 heavy (non-hydrogen) atoms. The van der Waals surface area contributed by atoms with Crippen molar-refractivity contribution < 1.29 is 29.3 Å². The molecule has 1 aromatic rings. The normalized spacial score (nSPS) is 16.7. The Labute approximate surface area is 142 Å². The lowest BCUT2D eigenvalue weighted by Gasteiger charge is -2.27. The Hall–Kier alpha value is -1.78. The second-order valence-electron chi connectivity index (χ2n) is 6.19. The molecule has 0 heterocycles. The van der Waals surface area contributed by atoms with Gasteiger partial charge in [-0.15, -0.1) is 0 Å². The van der Waals surface area contributed by atoms with Gasteiger partial charge in [-0.1, -0.05) is 37.3 Å². The predicted molar refractivity (Wildman–Crippen MR) is 90.3 cm³/mol. The Balaban J connectivity index is 3.00. The SMILES string of the molecule is CCC(CCC(C)(C(=O)O)C(CC(=O)O)[P+](=O)O)c1ccccc1. The minimum absolute atomic E-state index is 0.118.